The van der Waals surface area contributed by atoms with Gasteiger partial charge in [0.2, 0.25) is 10.0 Å². The first-order valence-electron chi connectivity index (χ1n) is 13.8. The number of carboxylic acids is 1. The van der Waals surface area contributed by atoms with Crippen molar-refractivity contribution in [2.45, 2.75) is 77.3 Å². The number of rotatable bonds is 12. The highest BCUT2D eigenvalue weighted by molar-refractivity contribution is 7.93. The molecule has 0 saturated carbocycles. The van der Waals surface area contributed by atoms with Crippen LogP contribution >= 0.6 is 0 Å². The summed E-state index contributed by atoms with van der Waals surface area (Å²) in [5.41, 5.74) is 6.60. The number of ether oxygens (including phenoxy) is 2. The van der Waals surface area contributed by atoms with Gasteiger partial charge in [0.15, 0.2) is 0 Å². The second-order valence-electron chi connectivity index (χ2n) is 11.4. The number of carboxylic acid groups (broad SMARTS) is 1. The van der Waals surface area contributed by atoms with Gasteiger partial charge in [0.05, 0.1) is 23.9 Å². The lowest BCUT2D eigenvalue weighted by Crippen LogP contribution is -2.27. The molecule has 9 heteroatoms. The van der Waals surface area contributed by atoms with Crippen LogP contribution in [-0.4, -0.2) is 42.1 Å². The Balaban J connectivity index is 1.48. The van der Waals surface area contributed by atoms with Crippen molar-refractivity contribution in [2.24, 2.45) is 0 Å². The molecule has 0 saturated heterocycles. The van der Waals surface area contributed by atoms with Crippen molar-refractivity contribution in [3.05, 3.63) is 76.9 Å². The number of fused-ring (bicyclic) bond motifs is 1. The summed E-state index contributed by atoms with van der Waals surface area (Å²) in [7, 11) is -3.82. The molecule has 1 aliphatic carbocycles. The third kappa shape index (κ3) is 7.59. The van der Waals surface area contributed by atoms with Crippen molar-refractivity contribution >= 4 is 21.7 Å². The minimum absolute atomic E-state index is 0.131. The summed E-state index contributed by atoms with van der Waals surface area (Å²) in [6, 6.07) is 17.1. The first kappa shape index (κ1) is 30.4. The molecule has 41 heavy (non-hydrogen) atoms. The molecule has 0 bridgehead atoms. The number of aryl methyl sites for hydroxylation is 2. The number of benzene rings is 3. The summed E-state index contributed by atoms with van der Waals surface area (Å²) in [6.07, 6.45) is 1.64. The maximum atomic E-state index is 12.4. The number of aliphatic carboxylic acids is 1. The van der Waals surface area contributed by atoms with E-state index in [0.29, 0.717) is 24.5 Å². The third-order valence-electron chi connectivity index (χ3n) is 7.36. The fraction of sp³-hybridized carbons (Fsp3) is 0.406. The van der Waals surface area contributed by atoms with Crippen LogP contribution in [0, 0.1) is 13.8 Å². The van der Waals surface area contributed by atoms with Gasteiger partial charge in [-0.1, -0.05) is 18.2 Å². The van der Waals surface area contributed by atoms with Crippen LogP contribution in [0.25, 0.3) is 11.1 Å². The Morgan fingerprint density at radius 1 is 1.07 bits per heavy atom. The van der Waals surface area contributed by atoms with Crippen molar-refractivity contribution in [1.29, 1.82) is 0 Å². The predicted molar refractivity (Wildman–Crippen MR) is 160 cm³/mol. The number of nitrogens with one attached hydrogen (secondary N) is 1. The van der Waals surface area contributed by atoms with E-state index in [4.69, 9.17) is 14.6 Å². The van der Waals surface area contributed by atoms with Crippen LogP contribution in [-0.2, 0) is 21.2 Å². The Labute approximate surface area is 242 Å². The Bertz CT molecular complexity index is 1480. The summed E-state index contributed by atoms with van der Waals surface area (Å²) in [6.45, 7) is 9.53. The van der Waals surface area contributed by atoms with Gasteiger partial charge < -0.3 is 19.7 Å². The van der Waals surface area contributed by atoms with Crippen LogP contribution in [0.2, 0.25) is 0 Å². The average molecular weight is 582 g/mol. The number of hydrogen-bond donors (Lipinski definition) is 3. The van der Waals surface area contributed by atoms with Crippen molar-refractivity contribution in [3.63, 3.8) is 0 Å². The summed E-state index contributed by atoms with van der Waals surface area (Å²) in [4.78, 5) is 10.9. The Hall–Kier alpha value is -3.56. The standard InChI is InChI=1S/C32H39NO7S/c1-20-17-25(39-16-15-32(4,5)36)18-21(2)31(20)28-8-6-7-27-26(28)13-14-29(27)40-24-11-9-23(10-12-24)33-41(37,38)22(3)19-30(34)35/h6-12,17-18,22,29,33,36H,13-16,19H2,1-5H3,(H,34,35)/t22?,29-/m1/s1. The van der Waals surface area contributed by atoms with E-state index in [-0.39, 0.29) is 6.10 Å². The molecule has 3 aromatic carbocycles. The van der Waals surface area contributed by atoms with Gasteiger partial charge in [-0.25, -0.2) is 8.42 Å². The lowest BCUT2D eigenvalue weighted by molar-refractivity contribution is -0.136. The fourth-order valence-corrected chi connectivity index (χ4v) is 6.24. The third-order valence-corrected chi connectivity index (χ3v) is 9.10. The molecule has 0 fully saturated rings. The minimum Gasteiger partial charge on any atom is -0.493 e. The molecule has 0 aromatic heterocycles. The van der Waals surface area contributed by atoms with Crippen molar-refractivity contribution in [3.8, 4) is 22.6 Å². The quantitative estimate of drug-likeness (QED) is 0.233. The zero-order chi connectivity index (χ0) is 29.9. The number of aliphatic hydroxyl groups is 1. The number of carbonyl (C=O) groups is 1. The highest BCUT2D eigenvalue weighted by Gasteiger charge is 2.28. The topological polar surface area (TPSA) is 122 Å². The first-order chi connectivity index (χ1) is 19.2. The Morgan fingerprint density at radius 2 is 1.73 bits per heavy atom. The molecule has 0 radical (unpaired) electrons. The van der Waals surface area contributed by atoms with E-state index < -0.39 is 33.3 Å². The smallest absolute Gasteiger partial charge is 0.304 e. The SMILES string of the molecule is Cc1cc(OCCC(C)(C)O)cc(C)c1-c1cccc2c1CC[C@H]2Oc1ccc(NS(=O)(=O)C(C)CC(=O)O)cc1. The molecule has 1 aliphatic rings. The summed E-state index contributed by atoms with van der Waals surface area (Å²) < 4.78 is 39.5. The van der Waals surface area contributed by atoms with Crippen LogP contribution in [0.5, 0.6) is 11.5 Å². The number of anilines is 1. The molecule has 0 aliphatic heterocycles. The summed E-state index contributed by atoms with van der Waals surface area (Å²) in [5.74, 6) is 0.250. The monoisotopic (exact) mass is 581 g/mol. The highest BCUT2D eigenvalue weighted by atomic mass is 32.2. The molecule has 0 spiro atoms. The van der Waals surface area contributed by atoms with Gasteiger partial charge in [-0.3, -0.25) is 9.52 Å². The Morgan fingerprint density at radius 3 is 2.34 bits per heavy atom. The normalized spacial score (nSPS) is 15.7. The number of hydrogen-bond acceptors (Lipinski definition) is 6. The van der Waals surface area contributed by atoms with Gasteiger partial charge in [0, 0.05) is 12.1 Å². The summed E-state index contributed by atoms with van der Waals surface area (Å²) in [5, 5.41) is 17.8. The van der Waals surface area contributed by atoms with Crippen molar-refractivity contribution in [2.75, 3.05) is 11.3 Å². The molecule has 8 nitrogen and oxygen atoms in total. The predicted octanol–water partition coefficient (Wildman–Crippen LogP) is 6.18. The van der Waals surface area contributed by atoms with Gasteiger partial charge in [0.25, 0.3) is 0 Å². The maximum Gasteiger partial charge on any atom is 0.304 e. The molecule has 0 heterocycles. The van der Waals surface area contributed by atoms with Crippen LogP contribution in [0.1, 0.15) is 68.4 Å². The lowest BCUT2D eigenvalue weighted by Gasteiger charge is -2.20. The molecule has 2 atom stereocenters. The van der Waals surface area contributed by atoms with E-state index in [2.05, 4.69) is 36.8 Å². The zero-order valence-corrected chi connectivity index (χ0v) is 25.0. The zero-order valence-electron chi connectivity index (χ0n) is 24.2. The molecule has 4 rings (SSSR count). The Kier molecular flexibility index (Phi) is 8.99. The van der Waals surface area contributed by atoms with E-state index in [1.54, 1.807) is 38.1 Å². The molecular weight excluding hydrogens is 542 g/mol. The fourth-order valence-electron chi connectivity index (χ4n) is 5.21. The molecule has 0 amide bonds. The van der Waals surface area contributed by atoms with Gasteiger partial charge in [-0.05, 0) is 117 Å². The molecular formula is C32H39NO7S. The molecule has 220 valence electrons. The highest BCUT2D eigenvalue weighted by Crippen LogP contribution is 2.42. The second kappa shape index (κ2) is 12.1. The van der Waals surface area contributed by atoms with Gasteiger partial charge in [0.1, 0.15) is 17.6 Å². The average Bonchev–Trinajstić information content (AvgIpc) is 3.27. The van der Waals surface area contributed by atoms with Crippen LogP contribution < -0.4 is 14.2 Å². The summed E-state index contributed by atoms with van der Waals surface area (Å²) >= 11 is 0. The number of sulfonamides is 1. The van der Waals surface area contributed by atoms with Gasteiger partial charge >= 0.3 is 5.97 Å². The second-order valence-corrected chi connectivity index (χ2v) is 13.5. The van der Waals surface area contributed by atoms with Crippen LogP contribution in [0.4, 0.5) is 5.69 Å². The van der Waals surface area contributed by atoms with E-state index in [1.165, 1.54) is 23.6 Å². The molecule has 3 aromatic rings. The van der Waals surface area contributed by atoms with E-state index in [9.17, 15) is 18.3 Å². The van der Waals surface area contributed by atoms with Gasteiger partial charge in [-0.15, -0.1) is 0 Å². The molecule has 3 N–H and O–H groups in total. The van der Waals surface area contributed by atoms with E-state index >= 15 is 0 Å². The van der Waals surface area contributed by atoms with Crippen LogP contribution in [0.15, 0.2) is 54.6 Å². The minimum atomic E-state index is -3.82. The first-order valence-corrected chi connectivity index (χ1v) is 15.4. The maximum absolute atomic E-state index is 12.4. The van der Waals surface area contributed by atoms with E-state index in [1.807, 2.05) is 12.1 Å². The van der Waals surface area contributed by atoms with Crippen LogP contribution in [0.3, 0.4) is 0 Å². The largest absolute Gasteiger partial charge is 0.493 e. The van der Waals surface area contributed by atoms with Crippen molar-refractivity contribution < 1.29 is 32.9 Å². The lowest BCUT2D eigenvalue weighted by atomic mass is 9.90. The van der Waals surface area contributed by atoms with E-state index in [0.717, 1.165) is 35.3 Å². The van der Waals surface area contributed by atoms with Gasteiger partial charge in [-0.2, -0.15) is 0 Å². The van der Waals surface area contributed by atoms with Crippen molar-refractivity contribution in [1.82, 2.24) is 0 Å². The molecule has 1 unspecified atom stereocenters.